The summed E-state index contributed by atoms with van der Waals surface area (Å²) in [7, 11) is 1.48. The Balaban J connectivity index is 1.37. The first-order valence-electron chi connectivity index (χ1n) is 12.8. The van der Waals surface area contributed by atoms with Crippen LogP contribution >= 0.6 is 0 Å². The molecule has 204 valence electrons. The molecule has 11 heteroatoms. The van der Waals surface area contributed by atoms with Crippen molar-refractivity contribution in [3.05, 3.63) is 53.8 Å². The number of methoxy groups -OCH3 is 1. The van der Waals surface area contributed by atoms with Crippen LogP contribution in [0.3, 0.4) is 0 Å². The number of hydrogen-bond acceptors (Lipinski definition) is 7. The number of aromatic hydroxyl groups is 1. The van der Waals surface area contributed by atoms with Crippen molar-refractivity contribution in [3.8, 4) is 17.7 Å². The van der Waals surface area contributed by atoms with E-state index in [1.807, 2.05) is 31.3 Å². The molecule has 2 aromatic carbocycles. The summed E-state index contributed by atoms with van der Waals surface area (Å²) in [6.07, 6.45) is 4.44. The van der Waals surface area contributed by atoms with E-state index in [4.69, 9.17) is 9.15 Å². The third-order valence-corrected chi connectivity index (χ3v) is 6.43. The summed E-state index contributed by atoms with van der Waals surface area (Å²) < 4.78 is 10.7. The lowest BCUT2D eigenvalue weighted by atomic mass is 10.1. The molecule has 4 N–H and O–H groups in total. The number of furan rings is 1. The van der Waals surface area contributed by atoms with E-state index in [1.165, 1.54) is 12.0 Å². The number of aliphatic imine (C=N–C) groups is 1. The first-order valence-corrected chi connectivity index (χ1v) is 12.8. The van der Waals surface area contributed by atoms with E-state index in [-0.39, 0.29) is 30.1 Å². The maximum absolute atomic E-state index is 13.3. The number of amides is 2. The van der Waals surface area contributed by atoms with Crippen molar-refractivity contribution in [2.75, 3.05) is 32.1 Å². The van der Waals surface area contributed by atoms with E-state index in [0.29, 0.717) is 37.4 Å². The number of aryl methyl sites for hydroxylation is 1. The van der Waals surface area contributed by atoms with Gasteiger partial charge in [0.25, 0.3) is 0 Å². The summed E-state index contributed by atoms with van der Waals surface area (Å²) in [5.74, 6) is 0.852. The summed E-state index contributed by atoms with van der Waals surface area (Å²) >= 11 is 0. The fraction of sp³-hybridized carbons (Fsp3) is 0.357. The Morgan fingerprint density at radius 2 is 2.10 bits per heavy atom. The van der Waals surface area contributed by atoms with Gasteiger partial charge >= 0.3 is 0 Å². The number of carbonyl (C=O) groups excluding carboxylic acids is 2. The van der Waals surface area contributed by atoms with Gasteiger partial charge in [-0.25, -0.2) is 4.99 Å². The molecule has 1 atom stereocenters. The summed E-state index contributed by atoms with van der Waals surface area (Å²) in [6.45, 7) is 2.62. The molecule has 1 aliphatic rings. The average molecular weight is 533 g/mol. The van der Waals surface area contributed by atoms with Gasteiger partial charge in [0, 0.05) is 24.2 Å². The number of nitrogens with zero attached hydrogens (tertiary/aromatic N) is 3. The Hall–Kier alpha value is -4.72. The normalized spacial score (nSPS) is 15.9. The lowest BCUT2D eigenvalue weighted by Gasteiger charge is -2.22. The molecule has 2 heterocycles. The topological polar surface area (TPSA) is 152 Å². The number of likely N-dealkylation sites (tertiary alicyclic amines) is 1. The van der Waals surface area contributed by atoms with Crippen LogP contribution in [-0.2, 0) is 16.0 Å². The van der Waals surface area contributed by atoms with Crippen molar-refractivity contribution in [2.24, 2.45) is 4.99 Å². The first-order chi connectivity index (χ1) is 18.9. The zero-order valence-electron chi connectivity index (χ0n) is 22.0. The molecule has 39 heavy (non-hydrogen) atoms. The Kier molecular flexibility index (Phi) is 8.89. The average Bonchev–Trinajstić information content (AvgIpc) is 3.20. The second-order valence-corrected chi connectivity index (χ2v) is 9.33. The number of anilines is 1. The molecule has 0 unspecified atom stereocenters. The zero-order valence-corrected chi connectivity index (χ0v) is 22.0. The Bertz CT molecular complexity index is 1410. The number of phenolic OH excluding ortho intramolecular Hbond substituents is 1. The largest absolute Gasteiger partial charge is 0.504 e. The van der Waals surface area contributed by atoms with Gasteiger partial charge in [-0.2, -0.15) is 5.26 Å². The zero-order chi connectivity index (χ0) is 27.8. The number of fused-ring (bicyclic) bond motifs is 1. The Morgan fingerprint density at radius 3 is 2.90 bits per heavy atom. The molecule has 1 aromatic heterocycles. The van der Waals surface area contributed by atoms with Crippen LogP contribution < -0.4 is 20.7 Å². The number of hydrogen-bond donors (Lipinski definition) is 4. The molecule has 4 rings (SSSR count). The molecule has 0 saturated carbocycles. The van der Waals surface area contributed by atoms with Gasteiger partial charge in [0.1, 0.15) is 17.4 Å². The number of rotatable bonds is 8. The maximum Gasteiger partial charge on any atom is 0.247 e. The van der Waals surface area contributed by atoms with Gasteiger partial charge < -0.3 is 29.8 Å². The second kappa shape index (κ2) is 12.7. The molecular formula is C28H32N6O5. The summed E-state index contributed by atoms with van der Waals surface area (Å²) in [5, 5.41) is 28.3. The van der Waals surface area contributed by atoms with Crippen LogP contribution in [0.1, 0.15) is 30.6 Å². The van der Waals surface area contributed by atoms with Crippen molar-refractivity contribution in [1.82, 2.24) is 15.5 Å². The lowest BCUT2D eigenvalue weighted by Crippen LogP contribution is -2.44. The number of nitriles is 1. The number of benzene rings is 2. The van der Waals surface area contributed by atoms with Gasteiger partial charge in [0.15, 0.2) is 17.7 Å². The van der Waals surface area contributed by atoms with Gasteiger partial charge in [-0.15, -0.1) is 0 Å². The minimum atomic E-state index is -0.729. The Labute approximate surface area is 226 Å². The van der Waals surface area contributed by atoms with E-state index < -0.39 is 6.04 Å². The monoisotopic (exact) mass is 532 g/mol. The molecule has 3 aromatic rings. The molecule has 11 nitrogen and oxygen atoms in total. The van der Waals surface area contributed by atoms with Crippen LogP contribution in [0.15, 0.2) is 51.9 Å². The predicted octanol–water partition coefficient (Wildman–Crippen LogP) is 3.03. The summed E-state index contributed by atoms with van der Waals surface area (Å²) in [5.41, 5.74) is 2.34. The van der Waals surface area contributed by atoms with E-state index in [0.717, 1.165) is 35.1 Å². The maximum atomic E-state index is 13.3. The quantitative estimate of drug-likeness (QED) is 0.150. The van der Waals surface area contributed by atoms with E-state index >= 15 is 0 Å². The second-order valence-electron chi connectivity index (χ2n) is 9.33. The van der Waals surface area contributed by atoms with E-state index in [2.05, 4.69) is 20.9 Å². The number of nitrogens with one attached hydrogen (secondary N) is 3. The highest BCUT2D eigenvalue weighted by atomic mass is 16.5. The molecule has 1 saturated heterocycles. The molecule has 2 amide bonds. The highest BCUT2D eigenvalue weighted by Crippen LogP contribution is 2.26. The van der Waals surface area contributed by atoms with Gasteiger partial charge in [-0.1, -0.05) is 6.07 Å². The van der Waals surface area contributed by atoms with Crippen LogP contribution in [0.5, 0.6) is 11.5 Å². The highest BCUT2D eigenvalue weighted by molar-refractivity contribution is 5.98. The van der Waals surface area contributed by atoms with Crippen LogP contribution in [-0.4, -0.2) is 60.6 Å². The standard InChI is InChI=1S/C28H32N6O5/c1-18-13-20-15-21(7-9-24(20)39-18)32-28(31-17-29)33-22-5-3-4-12-34(27(22)37)16-26(36)30-11-10-19-6-8-23(35)25(14-19)38-2/h6-9,13-15,22,35H,3-5,10-12,16H2,1-2H3,(H,30,36)(H2,31,32,33)/t22-/m0/s1. The van der Waals surface area contributed by atoms with Crippen molar-refractivity contribution in [3.63, 3.8) is 0 Å². The number of carbonyl (C=O) groups is 2. The number of guanidine groups is 1. The van der Waals surface area contributed by atoms with Gasteiger partial charge in [-0.3, -0.25) is 14.9 Å². The third-order valence-electron chi connectivity index (χ3n) is 6.43. The van der Waals surface area contributed by atoms with E-state index in [1.54, 1.807) is 24.3 Å². The fourth-order valence-electron chi connectivity index (χ4n) is 4.51. The van der Waals surface area contributed by atoms with Crippen molar-refractivity contribution < 1.29 is 23.8 Å². The third kappa shape index (κ3) is 7.19. The molecular weight excluding hydrogens is 500 g/mol. The van der Waals surface area contributed by atoms with Gasteiger partial charge in [0.05, 0.1) is 13.7 Å². The SMILES string of the molecule is COc1cc(CCNC(=O)CN2CCCC[C@H](N=C(NC#N)Nc3ccc4oc(C)cc4c3)C2=O)ccc1O. The van der Waals surface area contributed by atoms with Crippen molar-refractivity contribution in [1.29, 1.82) is 5.26 Å². The number of phenols is 1. The predicted molar refractivity (Wildman–Crippen MR) is 146 cm³/mol. The summed E-state index contributed by atoms with van der Waals surface area (Å²) in [4.78, 5) is 32.0. The van der Waals surface area contributed by atoms with Crippen LogP contribution in [0.25, 0.3) is 11.0 Å². The molecule has 1 fully saturated rings. The van der Waals surface area contributed by atoms with Crippen LogP contribution in [0.4, 0.5) is 5.69 Å². The minimum Gasteiger partial charge on any atom is -0.504 e. The minimum absolute atomic E-state index is 0.0552. The summed E-state index contributed by atoms with van der Waals surface area (Å²) in [6, 6.07) is 11.7. The van der Waals surface area contributed by atoms with Crippen LogP contribution in [0.2, 0.25) is 0 Å². The Morgan fingerprint density at radius 1 is 1.26 bits per heavy atom. The van der Waals surface area contributed by atoms with Gasteiger partial charge in [0.2, 0.25) is 17.8 Å². The van der Waals surface area contributed by atoms with Crippen molar-refractivity contribution >= 4 is 34.4 Å². The van der Waals surface area contributed by atoms with Crippen LogP contribution in [0, 0.1) is 18.4 Å². The molecule has 0 radical (unpaired) electrons. The van der Waals surface area contributed by atoms with Gasteiger partial charge in [-0.05, 0) is 74.6 Å². The van der Waals surface area contributed by atoms with E-state index in [9.17, 15) is 20.0 Å². The smallest absolute Gasteiger partial charge is 0.247 e. The number of ether oxygens (including phenoxy) is 1. The molecule has 0 aliphatic carbocycles. The molecule has 1 aliphatic heterocycles. The first kappa shape index (κ1) is 27.3. The lowest BCUT2D eigenvalue weighted by molar-refractivity contribution is -0.136. The highest BCUT2D eigenvalue weighted by Gasteiger charge is 2.28. The fourth-order valence-corrected chi connectivity index (χ4v) is 4.51. The molecule has 0 bridgehead atoms. The molecule has 0 spiro atoms. The van der Waals surface area contributed by atoms with Crippen molar-refractivity contribution in [2.45, 2.75) is 38.6 Å².